The number of anilines is 1. The summed E-state index contributed by atoms with van der Waals surface area (Å²) in [4.78, 5) is 36.0. The number of amides is 2. The first-order chi connectivity index (χ1) is 12.9. The molecule has 0 bridgehead atoms. The van der Waals surface area contributed by atoms with Crippen molar-refractivity contribution >= 4 is 23.3 Å². The van der Waals surface area contributed by atoms with Crippen LogP contribution in [0.5, 0.6) is 11.5 Å². The van der Waals surface area contributed by atoms with E-state index in [0.29, 0.717) is 23.6 Å². The van der Waals surface area contributed by atoms with Crippen molar-refractivity contribution in [3.8, 4) is 11.5 Å². The Balaban J connectivity index is 2.43. The van der Waals surface area contributed by atoms with Crippen LogP contribution in [0.25, 0.3) is 0 Å². The van der Waals surface area contributed by atoms with Crippen LogP contribution in [-0.4, -0.2) is 36.5 Å². The molecule has 0 aliphatic heterocycles. The van der Waals surface area contributed by atoms with E-state index in [9.17, 15) is 14.4 Å². The van der Waals surface area contributed by atoms with Crippen molar-refractivity contribution in [1.82, 2.24) is 5.48 Å². The van der Waals surface area contributed by atoms with Crippen molar-refractivity contribution in [2.45, 2.75) is 13.8 Å². The number of hydrogen-bond donors (Lipinski definition) is 3. The summed E-state index contributed by atoms with van der Waals surface area (Å²) in [7, 11) is 1.39. The topological polar surface area (TPSA) is 114 Å². The fourth-order valence-electron chi connectivity index (χ4n) is 2.41. The zero-order chi connectivity index (χ0) is 20.0. The lowest BCUT2D eigenvalue weighted by Gasteiger charge is -2.14. The van der Waals surface area contributed by atoms with Gasteiger partial charge in [0, 0.05) is 11.1 Å². The van der Waals surface area contributed by atoms with E-state index in [2.05, 4.69) is 5.32 Å². The molecule has 0 spiro atoms. The zero-order valence-corrected chi connectivity index (χ0v) is 15.2. The van der Waals surface area contributed by atoms with E-state index in [1.807, 2.05) is 0 Å². The molecular formula is C19H20N2O6. The Labute approximate surface area is 156 Å². The third kappa shape index (κ3) is 4.62. The molecule has 0 aliphatic rings. The van der Waals surface area contributed by atoms with Crippen molar-refractivity contribution in [3.63, 3.8) is 0 Å². The smallest absolute Gasteiger partial charge is 0.274 e. The highest BCUT2D eigenvalue weighted by Crippen LogP contribution is 2.28. The third-order valence-electron chi connectivity index (χ3n) is 3.74. The van der Waals surface area contributed by atoms with Crippen molar-refractivity contribution in [3.05, 3.63) is 53.1 Å². The Bertz CT molecular complexity index is 878. The molecule has 2 rings (SSSR count). The molecule has 2 aromatic rings. The number of ketones is 1. The van der Waals surface area contributed by atoms with Crippen LogP contribution in [0.2, 0.25) is 0 Å². The minimum atomic E-state index is -0.764. The van der Waals surface area contributed by atoms with Crippen molar-refractivity contribution in [2.75, 3.05) is 19.0 Å². The summed E-state index contributed by atoms with van der Waals surface area (Å²) in [5.74, 6) is -0.851. The van der Waals surface area contributed by atoms with Gasteiger partial charge in [-0.25, -0.2) is 5.48 Å². The summed E-state index contributed by atoms with van der Waals surface area (Å²) >= 11 is 0. The molecule has 8 nitrogen and oxygen atoms in total. The second-order valence-corrected chi connectivity index (χ2v) is 5.51. The number of ether oxygens (including phenoxy) is 2. The summed E-state index contributed by atoms with van der Waals surface area (Å²) < 4.78 is 10.7. The molecule has 2 aromatic carbocycles. The molecule has 142 valence electrons. The summed E-state index contributed by atoms with van der Waals surface area (Å²) in [6.45, 7) is 3.59. The summed E-state index contributed by atoms with van der Waals surface area (Å²) in [5.41, 5.74) is 2.39. The van der Waals surface area contributed by atoms with Gasteiger partial charge in [0.05, 0.1) is 25.0 Å². The van der Waals surface area contributed by atoms with Crippen LogP contribution in [0, 0.1) is 0 Å². The van der Waals surface area contributed by atoms with Gasteiger partial charge in [0.15, 0.2) is 5.78 Å². The van der Waals surface area contributed by atoms with E-state index in [0.717, 1.165) is 0 Å². The number of benzene rings is 2. The number of nitrogens with one attached hydrogen (secondary N) is 2. The first-order valence-corrected chi connectivity index (χ1v) is 8.12. The van der Waals surface area contributed by atoms with Gasteiger partial charge in [-0.3, -0.25) is 19.6 Å². The first kappa shape index (κ1) is 19.9. The normalized spacial score (nSPS) is 10.1. The van der Waals surface area contributed by atoms with E-state index in [-0.39, 0.29) is 22.7 Å². The molecule has 0 saturated heterocycles. The molecule has 27 heavy (non-hydrogen) atoms. The molecule has 0 unspecified atom stereocenters. The second-order valence-electron chi connectivity index (χ2n) is 5.51. The number of hydrogen-bond acceptors (Lipinski definition) is 6. The fourth-order valence-corrected chi connectivity index (χ4v) is 2.41. The summed E-state index contributed by atoms with van der Waals surface area (Å²) in [6, 6.07) is 8.85. The van der Waals surface area contributed by atoms with Gasteiger partial charge in [-0.15, -0.1) is 0 Å². The number of Topliss-reactive ketones (excluding diaryl/α,β-unsaturated/α-hetero) is 1. The molecule has 0 fully saturated rings. The Kier molecular flexibility index (Phi) is 6.51. The average molecular weight is 372 g/mol. The lowest BCUT2D eigenvalue weighted by Crippen LogP contribution is -2.20. The lowest BCUT2D eigenvalue weighted by atomic mass is 10.1. The van der Waals surface area contributed by atoms with E-state index < -0.39 is 11.8 Å². The maximum Gasteiger partial charge on any atom is 0.274 e. The van der Waals surface area contributed by atoms with Gasteiger partial charge in [-0.05, 0) is 50.2 Å². The van der Waals surface area contributed by atoms with Gasteiger partial charge in [0.2, 0.25) is 0 Å². The largest absolute Gasteiger partial charge is 0.496 e. The minimum Gasteiger partial charge on any atom is -0.496 e. The number of methoxy groups -OCH3 is 1. The summed E-state index contributed by atoms with van der Waals surface area (Å²) in [5, 5.41) is 11.5. The molecule has 0 atom stereocenters. The Morgan fingerprint density at radius 1 is 1.00 bits per heavy atom. The number of hydroxylamine groups is 1. The molecular weight excluding hydrogens is 352 g/mol. The molecule has 0 saturated carbocycles. The molecule has 0 heterocycles. The van der Waals surface area contributed by atoms with Crippen molar-refractivity contribution in [1.29, 1.82) is 0 Å². The predicted octanol–water partition coefficient (Wildman–Crippen LogP) is 2.67. The van der Waals surface area contributed by atoms with E-state index in [4.69, 9.17) is 14.7 Å². The van der Waals surface area contributed by atoms with Crippen molar-refractivity contribution < 1.29 is 29.1 Å². The highest BCUT2D eigenvalue weighted by molar-refractivity contribution is 6.09. The molecule has 2 amide bonds. The maximum atomic E-state index is 12.8. The maximum absolute atomic E-state index is 12.8. The highest BCUT2D eigenvalue weighted by atomic mass is 16.5. The van der Waals surface area contributed by atoms with E-state index in [1.54, 1.807) is 19.1 Å². The number of rotatable bonds is 7. The van der Waals surface area contributed by atoms with Crippen molar-refractivity contribution in [2.24, 2.45) is 0 Å². The third-order valence-corrected chi connectivity index (χ3v) is 3.74. The Morgan fingerprint density at radius 2 is 1.67 bits per heavy atom. The second kappa shape index (κ2) is 8.81. The quantitative estimate of drug-likeness (QED) is 0.391. The fraction of sp³-hybridized carbons (Fsp3) is 0.211. The van der Waals surface area contributed by atoms with Crippen LogP contribution in [0.3, 0.4) is 0 Å². The molecule has 3 N–H and O–H groups in total. The van der Waals surface area contributed by atoms with Gasteiger partial charge in [-0.1, -0.05) is 0 Å². The average Bonchev–Trinajstić information content (AvgIpc) is 2.68. The van der Waals surface area contributed by atoms with Gasteiger partial charge in [0.25, 0.3) is 11.8 Å². The molecule has 0 aliphatic carbocycles. The van der Waals surface area contributed by atoms with Gasteiger partial charge in [-0.2, -0.15) is 0 Å². The van der Waals surface area contributed by atoms with E-state index >= 15 is 0 Å². The zero-order valence-electron chi connectivity index (χ0n) is 15.2. The molecule has 8 heteroatoms. The monoisotopic (exact) mass is 372 g/mol. The highest BCUT2D eigenvalue weighted by Gasteiger charge is 2.18. The number of carbonyl (C=O) groups excluding carboxylic acids is 3. The van der Waals surface area contributed by atoms with Crippen LogP contribution in [0.4, 0.5) is 5.69 Å². The van der Waals surface area contributed by atoms with Gasteiger partial charge in [0.1, 0.15) is 11.5 Å². The van der Waals surface area contributed by atoms with Gasteiger partial charge < -0.3 is 14.8 Å². The Hall–Kier alpha value is -3.39. The number of carbonyl (C=O) groups is 3. The molecule has 0 aromatic heterocycles. The predicted molar refractivity (Wildman–Crippen MR) is 97.8 cm³/mol. The van der Waals surface area contributed by atoms with E-state index in [1.165, 1.54) is 43.8 Å². The van der Waals surface area contributed by atoms with Crippen LogP contribution in [-0.2, 0) is 0 Å². The minimum absolute atomic E-state index is 0.0750. The molecule has 0 radical (unpaired) electrons. The summed E-state index contributed by atoms with van der Waals surface area (Å²) in [6.07, 6.45) is 0. The first-order valence-electron chi connectivity index (χ1n) is 8.12. The van der Waals surface area contributed by atoms with Crippen LogP contribution < -0.4 is 20.3 Å². The van der Waals surface area contributed by atoms with Crippen LogP contribution in [0.15, 0.2) is 36.4 Å². The van der Waals surface area contributed by atoms with Crippen LogP contribution in [0.1, 0.15) is 44.9 Å². The van der Waals surface area contributed by atoms with Gasteiger partial charge >= 0.3 is 0 Å². The lowest BCUT2D eigenvalue weighted by molar-refractivity contribution is 0.0706. The van der Waals surface area contributed by atoms with Crippen LogP contribution >= 0.6 is 0 Å². The SMILES string of the molecule is CCOc1ccc(C(C)=O)cc1NC(=O)c1cc(C(=O)NO)ccc1OC. The Morgan fingerprint density at radius 3 is 2.26 bits per heavy atom. The standard InChI is InChI=1S/C19H20N2O6/c1-4-27-17-8-5-12(11(2)22)10-15(17)20-19(24)14-9-13(18(23)21-25)6-7-16(14)26-3/h5-10,25H,4H2,1-3H3,(H,20,24)(H,21,23).